The lowest BCUT2D eigenvalue weighted by atomic mass is 10.1. The molecule has 1 unspecified atom stereocenters. The Labute approximate surface area is 120 Å². The first kappa shape index (κ1) is 13.0. The van der Waals surface area contributed by atoms with Crippen LogP contribution in [0.25, 0.3) is 11.3 Å². The Morgan fingerprint density at radius 2 is 1.85 bits per heavy atom. The number of hydrogen-bond acceptors (Lipinski definition) is 3. The lowest BCUT2D eigenvalue weighted by molar-refractivity contribution is 0.628. The summed E-state index contributed by atoms with van der Waals surface area (Å²) < 4.78 is 13.2. The smallest absolute Gasteiger partial charge is 0.123 e. The van der Waals surface area contributed by atoms with Crippen molar-refractivity contribution >= 4 is 11.3 Å². The van der Waals surface area contributed by atoms with Gasteiger partial charge in [-0.2, -0.15) is 0 Å². The maximum absolute atomic E-state index is 13.2. The van der Waals surface area contributed by atoms with E-state index in [1.807, 2.05) is 41.8 Å². The molecule has 0 aliphatic heterocycles. The quantitative estimate of drug-likeness (QED) is 0.789. The topological polar surface area (TPSA) is 38.9 Å². The molecule has 2 nitrogen and oxygen atoms in total. The van der Waals surface area contributed by atoms with Gasteiger partial charge in [0.15, 0.2) is 0 Å². The molecule has 2 N–H and O–H groups in total. The summed E-state index contributed by atoms with van der Waals surface area (Å²) in [6, 6.07) is 16.0. The monoisotopic (exact) mass is 284 g/mol. The minimum atomic E-state index is -0.260. The summed E-state index contributed by atoms with van der Waals surface area (Å²) in [5.74, 6) is -0.260. The predicted molar refractivity (Wildman–Crippen MR) is 80.0 cm³/mol. The van der Waals surface area contributed by atoms with Crippen LogP contribution < -0.4 is 5.73 Å². The highest BCUT2D eigenvalue weighted by Gasteiger charge is 2.13. The van der Waals surface area contributed by atoms with Crippen molar-refractivity contribution in [2.45, 2.75) is 6.04 Å². The number of rotatable bonds is 3. The highest BCUT2D eigenvalue weighted by atomic mass is 32.1. The number of nitrogens with two attached hydrogens (primary N) is 1. The van der Waals surface area contributed by atoms with E-state index in [2.05, 4.69) is 4.98 Å². The van der Waals surface area contributed by atoms with E-state index in [1.165, 1.54) is 23.5 Å². The van der Waals surface area contributed by atoms with Crippen LogP contribution in [0, 0.1) is 5.82 Å². The molecule has 0 saturated heterocycles. The first-order chi connectivity index (χ1) is 9.74. The van der Waals surface area contributed by atoms with E-state index in [4.69, 9.17) is 5.73 Å². The van der Waals surface area contributed by atoms with Crippen molar-refractivity contribution in [1.82, 2.24) is 4.98 Å². The van der Waals surface area contributed by atoms with E-state index in [-0.39, 0.29) is 11.9 Å². The number of aromatic nitrogens is 1. The molecule has 0 aliphatic rings. The van der Waals surface area contributed by atoms with Gasteiger partial charge in [-0.25, -0.2) is 9.37 Å². The first-order valence-electron chi connectivity index (χ1n) is 6.26. The van der Waals surface area contributed by atoms with Crippen molar-refractivity contribution in [3.8, 4) is 11.3 Å². The molecule has 0 bridgehead atoms. The maximum atomic E-state index is 13.2. The van der Waals surface area contributed by atoms with Crippen LogP contribution in [0.1, 0.15) is 16.6 Å². The average molecular weight is 284 g/mol. The molecule has 0 spiro atoms. The van der Waals surface area contributed by atoms with E-state index in [9.17, 15) is 4.39 Å². The van der Waals surface area contributed by atoms with E-state index in [0.29, 0.717) is 0 Å². The molecule has 1 aromatic heterocycles. The van der Waals surface area contributed by atoms with Gasteiger partial charge in [-0.05, 0) is 17.7 Å². The summed E-state index contributed by atoms with van der Waals surface area (Å²) in [4.78, 5) is 4.52. The second kappa shape index (κ2) is 5.53. The van der Waals surface area contributed by atoms with Crippen molar-refractivity contribution in [3.63, 3.8) is 0 Å². The van der Waals surface area contributed by atoms with Gasteiger partial charge in [-0.15, -0.1) is 11.3 Å². The first-order valence-corrected chi connectivity index (χ1v) is 7.14. The number of thiazole rings is 1. The minimum absolute atomic E-state index is 0.247. The van der Waals surface area contributed by atoms with Crippen molar-refractivity contribution in [3.05, 3.63) is 76.4 Å². The van der Waals surface area contributed by atoms with Gasteiger partial charge < -0.3 is 5.73 Å². The summed E-state index contributed by atoms with van der Waals surface area (Å²) in [5.41, 5.74) is 8.76. The van der Waals surface area contributed by atoms with E-state index < -0.39 is 0 Å². The third-order valence-electron chi connectivity index (χ3n) is 3.07. The van der Waals surface area contributed by atoms with Gasteiger partial charge in [0.25, 0.3) is 0 Å². The third kappa shape index (κ3) is 2.61. The van der Waals surface area contributed by atoms with E-state index in [0.717, 1.165) is 21.8 Å². The normalized spacial score (nSPS) is 12.3. The van der Waals surface area contributed by atoms with Crippen molar-refractivity contribution in [1.29, 1.82) is 0 Å². The summed E-state index contributed by atoms with van der Waals surface area (Å²) in [6.45, 7) is 0. The molecular weight excluding hydrogens is 271 g/mol. The van der Waals surface area contributed by atoms with Crippen LogP contribution in [0.3, 0.4) is 0 Å². The second-order valence-electron chi connectivity index (χ2n) is 4.47. The molecule has 2 aromatic carbocycles. The Morgan fingerprint density at radius 3 is 2.60 bits per heavy atom. The SMILES string of the molecule is NC(c1ccccc1)c1nc(-c2cccc(F)c2)cs1. The lowest BCUT2D eigenvalue weighted by Crippen LogP contribution is -2.11. The zero-order chi connectivity index (χ0) is 13.9. The Balaban J connectivity index is 1.91. The molecule has 0 aliphatic carbocycles. The number of hydrogen-bond donors (Lipinski definition) is 1. The van der Waals surface area contributed by atoms with Crippen LogP contribution in [-0.2, 0) is 0 Å². The highest BCUT2D eigenvalue weighted by Crippen LogP contribution is 2.27. The Morgan fingerprint density at radius 1 is 1.05 bits per heavy atom. The zero-order valence-electron chi connectivity index (χ0n) is 10.7. The van der Waals surface area contributed by atoms with E-state index in [1.54, 1.807) is 6.07 Å². The molecule has 1 atom stereocenters. The van der Waals surface area contributed by atoms with Crippen LogP contribution in [0.5, 0.6) is 0 Å². The summed E-state index contributed by atoms with van der Waals surface area (Å²) in [5, 5.41) is 2.74. The fourth-order valence-electron chi connectivity index (χ4n) is 2.01. The second-order valence-corrected chi connectivity index (χ2v) is 5.36. The zero-order valence-corrected chi connectivity index (χ0v) is 11.5. The van der Waals surface area contributed by atoms with Crippen molar-refractivity contribution in [2.24, 2.45) is 5.73 Å². The summed E-state index contributed by atoms with van der Waals surface area (Å²) in [6.07, 6.45) is 0. The van der Waals surface area contributed by atoms with Gasteiger partial charge >= 0.3 is 0 Å². The molecule has 20 heavy (non-hydrogen) atoms. The molecule has 0 amide bonds. The average Bonchev–Trinajstić information content (AvgIpc) is 2.97. The van der Waals surface area contributed by atoms with E-state index >= 15 is 0 Å². The van der Waals surface area contributed by atoms with Crippen molar-refractivity contribution < 1.29 is 4.39 Å². The Hall–Kier alpha value is -2.04. The fourth-order valence-corrected chi connectivity index (χ4v) is 2.87. The van der Waals surface area contributed by atoms with Crippen LogP contribution in [0.15, 0.2) is 60.0 Å². The van der Waals surface area contributed by atoms with Crippen LogP contribution in [0.4, 0.5) is 4.39 Å². The molecule has 100 valence electrons. The van der Waals surface area contributed by atoms with Gasteiger partial charge in [0, 0.05) is 10.9 Å². The van der Waals surface area contributed by atoms with Crippen LogP contribution >= 0.6 is 11.3 Å². The molecule has 0 saturated carbocycles. The minimum Gasteiger partial charge on any atom is -0.318 e. The molecule has 0 fully saturated rings. The molecule has 3 aromatic rings. The standard InChI is InChI=1S/C16H13FN2S/c17-13-8-4-7-12(9-13)14-10-20-16(19-14)15(18)11-5-2-1-3-6-11/h1-10,15H,18H2. The van der Waals surface area contributed by atoms with Crippen molar-refractivity contribution in [2.75, 3.05) is 0 Å². The lowest BCUT2D eigenvalue weighted by Gasteiger charge is -2.08. The van der Waals surface area contributed by atoms with Gasteiger partial charge in [-0.3, -0.25) is 0 Å². The van der Waals surface area contributed by atoms with Crippen LogP contribution in [-0.4, -0.2) is 4.98 Å². The molecular formula is C16H13FN2S. The van der Waals surface area contributed by atoms with Gasteiger partial charge in [-0.1, -0.05) is 42.5 Å². The number of nitrogens with zero attached hydrogens (tertiary/aromatic N) is 1. The third-order valence-corrected chi connectivity index (χ3v) is 3.99. The number of benzene rings is 2. The molecule has 4 heteroatoms. The molecule has 1 heterocycles. The number of halogens is 1. The summed E-state index contributed by atoms with van der Waals surface area (Å²) in [7, 11) is 0. The van der Waals surface area contributed by atoms with Gasteiger partial charge in [0.1, 0.15) is 10.8 Å². The highest BCUT2D eigenvalue weighted by molar-refractivity contribution is 7.10. The van der Waals surface area contributed by atoms with Crippen LogP contribution in [0.2, 0.25) is 0 Å². The Kier molecular flexibility index (Phi) is 3.58. The molecule has 0 radical (unpaired) electrons. The Bertz CT molecular complexity index is 709. The van der Waals surface area contributed by atoms with Gasteiger partial charge in [0.2, 0.25) is 0 Å². The fraction of sp³-hybridized carbons (Fsp3) is 0.0625. The van der Waals surface area contributed by atoms with Gasteiger partial charge in [0.05, 0.1) is 11.7 Å². The molecule has 3 rings (SSSR count). The largest absolute Gasteiger partial charge is 0.318 e. The maximum Gasteiger partial charge on any atom is 0.123 e. The predicted octanol–water partition coefficient (Wildman–Crippen LogP) is 4.00. The summed E-state index contributed by atoms with van der Waals surface area (Å²) >= 11 is 1.49.